The van der Waals surface area contributed by atoms with Crippen molar-refractivity contribution in [2.45, 2.75) is 31.2 Å². The minimum atomic E-state index is -3.10. The number of imide groups is 1. The van der Waals surface area contributed by atoms with Crippen LogP contribution in [-0.2, 0) is 27.5 Å². The molecule has 8 heteroatoms. The summed E-state index contributed by atoms with van der Waals surface area (Å²) in [7, 11) is -3.10. The summed E-state index contributed by atoms with van der Waals surface area (Å²) in [4.78, 5) is 26.2. The topological polar surface area (TPSA) is 92.8 Å². The van der Waals surface area contributed by atoms with Crippen LogP contribution in [0.3, 0.4) is 0 Å². The van der Waals surface area contributed by atoms with E-state index in [0.717, 1.165) is 23.3 Å². The zero-order chi connectivity index (χ0) is 17.7. The fraction of sp³-hybridized carbons (Fsp3) is 0.529. The molecule has 1 aromatic carbocycles. The number of nitrogens with one attached hydrogen (secondary N) is 1. The maximum absolute atomic E-state index is 12.7. The largest absolute Gasteiger partial charge is 0.493 e. The van der Waals surface area contributed by atoms with Crippen molar-refractivity contribution in [1.29, 1.82) is 0 Å². The first kappa shape index (κ1) is 16.4. The fourth-order valence-corrected chi connectivity index (χ4v) is 5.26. The first-order valence-corrected chi connectivity index (χ1v) is 10.3. The van der Waals surface area contributed by atoms with Gasteiger partial charge in [-0.1, -0.05) is 12.1 Å². The van der Waals surface area contributed by atoms with Crippen LogP contribution in [0.1, 0.15) is 24.0 Å². The Kier molecular flexibility index (Phi) is 3.75. The first-order chi connectivity index (χ1) is 11.9. The molecule has 0 aliphatic carbocycles. The van der Waals surface area contributed by atoms with E-state index in [2.05, 4.69) is 11.4 Å². The number of amides is 3. The molecule has 0 bridgehead atoms. The second-order valence-corrected chi connectivity index (χ2v) is 9.22. The Hall–Kier alpha value is -2.09. The number of urea groups is 1. The van der Waals surface area contributed by atoms with E-state index in [-0.39, 0.29) is 30.3 Å². The number of sulfone groups is 1. The summed E-state index contributed by atoms with van der Waals surface area (Å²) in [5.74, 6) is 0.494. The van der Waals surface area contributed by atoms with Crippen molar-refractivity contribution in [2.75, 3.05) is 24.7 Å². The van der Waals surface area contributed by atoms with Gasteiger partial charge in [0, 0.05) is 13.0 Å². The third-order valence-corrected chi connectivity index (χ3v) is 6.96. The van der Waals surface area contributed by atoms with Crippen LogP contribution in [0.5, 0.6) is 5.75 Å². The van der Waals surface area contributed by atoms with Crippen molar-refractivity contribution in [3.63, 3.8) is 0 Å². The third-order valence-electron chi connectivity index (χ3n) is 5.30. The Labute approximate surface area is 146 Å². The summed E-state index contributed by atoms with van der Waals surface area (Å²) in [5.41, 5.74) is 1.18. The van der Waals surface area contributed by atoms with Gasteiger partial charge in [-0.2, -0.15) is 0 Å². The summed E-state index contributed by atoms with van der Waals surface area (Å²) in [6, 6.07) is 5.51. The second kappa shape index (κ2) is 5.72. The standard InChI is InChI=1S/C17H20N2O5S/c20-15-17(5-9-25(22,23)10-6-17)18-16(21)19(15)7-3-12-1-2-14-13(11-12)4-8-24-14/h1-2,11H,3-10H2,(H,18,21). The van der Waals surface area contributed by atoms with Gasteiger partial charge in [-0.05, 0) is 36.5 Å². The predicted molar refractivity (Wildman–Crippen MR) is 90.2 cm³/mol. The number of hydrogen-bond donors (Lipinski definition) is 1. The highest BCUT2D eigenvalue weighted by Crippen LogP contribution is 2.31. The molecule has 25 heavy (non-hydrogen) atoms. The number of carbonyl (C=O) groups excluding carboxylic acids is 2. The second-order valence-electron chi connectivity index (χ2n) is 6.91. The van der Waals surface area contributed by atoms with E-state index in [1.165, 1.54) is 4.90 Å². The number of rotatable bonds is 3. The van der Waals surface area contributed by atoms with E-state index < -0.39 is 21.4 Å². The summed E-state index contributed by atoms with van der Waals surface area (Å²) in [5, 5.41) is 2.74. The molecule has 134 valence electrons. The van der Waals surface area contributed by atoms with Gasteiger partial charge in [0.05, 0.1) is 18.1 Å². The van der Waals surface area contributed by atoms with E-state index in [1.54, 1.807) is 0 Å². The van der Waals surface area contributed by atoms with Crippen LogP contribution in [0.4, 0.5) is 4.79 Å². The number of fused-ring (bicyclic) bond motifs is 1. The van der Waals surface area contributed by atoms with Gasteiger partial charge >= 0.3 is 6.03 Å². The molecular weight excluding hydrogens is 344 g/mol. The molecule has 2 saturated heterocycles. The molecule has 3 amide bonds. The molecule has 4 rings (SSSR count). The molecule has 0 unspecified atom stereocenters. The summed E-state index contributed by atoms with van der Waals surface area (Å²) in [6.45, 7) is 0.982. The third kappa shape index (κ3) is 2.88. The molecule has 7 nitrogen and oxygen atoms in total. The van der Waals surface area contributed by atoms with Gasteiger partial charge in [0.15, 0.2) is 9.84 Å². The maximum atomic E-state index is 12.7. The summed E-state index contributed by atoms with van der Waals surface area (Å²) >= 11 is 0. The van der Waals surface area contributed by atoms with Gasteiger partial charge in [0.25, 0.3) is 5.91 Å². The lowest BCUT2D eigenvalue weighted by atomic mass is 9.92. The van der Waals surface area contributed by atoms with Crippen molar-refractivity contribution < 1.29 is 22.7 Å². The maximum Gasteiger partial charge on any atom is 0.325 e. The molecule has 1 spiro atoms. The predicted octanol–water partition coefficient (Wildman–Crippen LogP) is 0.663. The summed E-state index contributed by atoms with van der Waals surface area (Å²) in [6.07, 6.45) is 1.77. The van der Waals surface area contributed by atoms with E-state index in [0.29, 0.717) is 19.6 Å². The summed E-state index contributed by atoms with van der Waals surface area (Å²) < 4.78 is 28.7. The molecule has 3 aliphatic rings. The SMILES string of the molecule is O=C1NC2(CCS(=O)(=O)CC2)C(=O)N1CCc1ccc2c(c1)CCO2. The minimum Gasteiger partial charge on any atom is -0.493 e. The van der Waals surface area contributed by atoms with Crippen molar-refractivity contribution in [1.82, 2.24) is 10.2 Å². The highest BCUT2D eigenvalue weighted by molar-refractivity contribution is 7.91. The lowest BCUT2D eigenvalue weighted by Gasteiger charge is -2.30. The Bertz CT molecular complexity index is 835. The van der Waals surface area contributed by atoms with Gasteiger partial charge in [0.2, 0.25) is 0 Å². The van der Waals surface area contributed by atoms with E-state index in [9.17, 15) is 18.0 Å². The van der Waals surface area contributed by atoms with Gasteiger partial charge in [-0.15, -0.1) is 0 Å². The Balaban J connectivity index is 1.44. The van der Waals surface area contributed by atoms with Crippen molar-refractivity contribution >= 4 is 21.8 Å². The first-order valence-electron chi connectivity index (χ1n) is 8.48. The van der Waals surface area contributed by atoms with Crippen LogP contribution < -0.4 is 10.1 Å². The number of carbonyl (C=O) groups is 2. The number of hydrogen-bond acceptors (Lipinski definition) is 5. The Morgan fingerprint density at radius 1 is 1.20 bits per heavy atom. The molecule has 0 atom stereocenters. The molecule has 0 radical (unpaired) electrons. The van der Waals surface area contributed by atoms with Crippen LogP contribution in [0.25, 0.3) is 0 Å². The van der Waals surface area contributed by atoms with Crippen LogP contribution in [-0.4, -0.2) is 55.5 Å². The van der Waals surface area contributed by atoms with Crippen LogP contribution in [0.2, 0.25) is 0 Å². The van der Waals surface area contributed by atoms with Crippen molar-refractivity contribution in [3.05, 3.63) is 29.3 Å². The fourth-order valence-electron chi connectivity index (χ4n) is 3.74. The molecule has 1 N–H and O–H groups in total. The normalized spacial score (nSPS) is 23.4. The monoisotopic (exact) mass is 364 g/mol. The molecule has 3 heterocycles. The molecule has 3 aliphatic heterocycles. The highest BCUT2D eigenvalue weighted by atomic mass is 32.2. The van der Waals surface area contributed by atoms with Crippen LogP contribution in [0.15, 0.2) is 18.2 Å². The zero-order valence-corrected chi connectivity index (χ0v) is 14.6. The number of benzene rings is 1. The van der Waals surface area contributed by atoms with Gasteiger partial charge in [-0.25, -0.2) is 13.2 Å². The zero-order valence-electron chi connectivity index (χ0n) is 13.8. The Morgan fingerprint density at radius 3 is 2.72 bits per heavy atom. The molecular formula is C17H20N2O5S. The molecule has 2 fully saturated rings. The lowest BCUT2D eigenvalue weighted by Crippen LogP contribution is -2.52. The smallest absolute Gasteiger partial charge is 0.325 e. The van der Waals surface area contributed by atoms with Crippen molar-refractivity contribution in [2.24, 2.45) is 0 Å². The van der Waals surface area contributed by atoms with E-state index >= 15 is 0 Å². The molecule has 1 aromatic rings. The average molecular weight is 364 g/mol. The van der Waals surface area contributed by atoms with E-state index in [1.807, 2.05) is 12.1 Å². The van der Waals surface area contributed by atoms with Crippen LogP contribution >= 0.6 is 0 Å². The average Bonchev–Trinajstić information content (AvgIpc) is 3.12. The Morgan fingerprint density at radius 2 is 1.96 bits per heavy atom. The minimum absolute atomic E-state index is 0.0579. The number of nitrogens with zero attached hydrogens (tertiary/aromatic N) is 1. The quantitative estimate of drug-likeness (QED) is 0.796. The van der Waals surface area contributed by atoms with Gasteiger partial charge in [0.1, 0.15) is 11.3 Å². The molecule has 0 saturated carbocycles. The number of ether oxygens (including phenoxy) is 1. The molecule has 0 aromatic heterocycles. The lowest BCUT2D eigenvalue weighted by molar-refractivity contribution is -0.131. The van der Waals surface area contributed by atoms with Gasteiger partial charge < -0.3 is 10.1 Å². The van der Waals surface area contributed by atoms with Crippen LogP contribution in [0, 0.1) is 0 Å². The van der Waals surface area contributed by atoms with E-state index in [4.69, 9.17) is 4.74 Å². The highest BCUT2D eigenvalue weighted by Gasteiger charge is 2.53. The van der Waals surface area contributed by atoms with Gasteiger partial charge in [-0.3, -0.25) is 9.69 Å². The van der Waals surface area contributed by atoms with Crippen molar-refractivity contribution in [3.8, 4) is 5.75 Å².